The number of halogens is 4. The summed E-state index contributed by atoms with van der Waals surface area (Å²) in [4.78, 5) is 50.1. The summed E-state index contributed by atoms with van der Waals surface area (Å²) >= 11 is 6.99. The number of ketones is 1. The van der Waals surface area contributed by atoms with E-state index in [0.29, 0.717) is 0 Å². The lowest BCUT2D eigenvalue weighted by Gasteiger charge is -2.25. The van der Waals surface area contributed by atoms with Crippen LogP contribution in [0.15, 0.2) is 36.4 Å². The van der Waals surface area contributed by atoms with Crippen molar-refractivity contribution in [3.8, 4) is 11.5 Å². The summed E-state index contributed by atoms with van der Waals surface area (Å²) in [6, 6.07) is 5.48. The molecular weight excluding hydrogens is 589 g/mol. The third-order valence-corrected chi connectivity index (χ3v) is 7.07. The van der Waals surface area contributed by atoms with Gasteiger partial charge in [-0.1, -0.05) is 31.5 Å². The minimum absolute atomic E-state index is 0.0389. The number of ether oxygens (including phenoxy) is 2. The van der Waals surface area contributed by atoms with Gasteiger partial charge in [0.2, 0.25) is 11.8 Å². The van der Waals surface area contributed by atoms with Crippen LogP contribution in [0.25, 0.3) is 0 Å². The van der Waals surface area contributed by atoms with Gasteiger partial charge < -0.3 is 25.2 Å². The highest BCUT2D eigenvalue weighted by Gasteiger charge is 2.30. The van der Waals surface area contributed by atoms with Gasteiger partial charge in [0, 0.05) is 21.9 Å². The number of benzene rings is 2. The Labute approximate surface area is 244 Å². The van der Waals surface area contributed by atoms with Crippen molar-refractivity contribution in [1.82, 2.24) is 10.6 Å². The van der Waals surface area contributed by atoms with Gasteiger partial charge in [-0.05, 0) is 36.2 Å². The van der Waals surface area contributed by atoms with E-state index in [1.54, 1.807) is 13.8 Å². The molecule has 0 fully saturated rings. The molecule has 0 saturated heterocycles. The number of carbonyl (C=O) groups excluding carboxylic acids is 3. The van der Waals surface area contributed by atoms with E-state index in [1.807, 2.05) is 0 Å². The molecule has 0 aliphatic heterocycles. The lowest BCUT2D eigenvalue weighted by atomic mass is 10.0. The summed E-state index contributed by atoms with van der Waals surface area (Å²) in [5, 5.41) is 14.4. The number of methoxy groups -OCH3 is 1. The minimum Gasteiger partial charge on any atom is -0.497 e. The summed E-state index contributed by atoms with van der Waals surface area (Å²) in [5.74, 6) is -4.72. The van der Waals surface area contributed by atoms with Gasteiger partial charge in [-0.15, -0.1) is 11.8 Å². The Kier molecular flexibility index (Phi) is 13.3. The molecular formula is C27H30ClF3N2O7S. The van der Waals surface area contributed by atoms with Gasteiger partial charge in [0.05, 0.1) is 31.7 Å². The van der Waals surface area contributed by atoms with Gasteiger partial charge in [0.15, 0.2) is 5.78 Å². The van der Waals surface area contributed by atoms with Gasteiger partial charge in [-0.25, -0.2) is 4.39 Å². The molecule has 2 amide bonds. The predicted octanol–water partition coefficient (Wildman–Crippen LogP) is 4.23. The van der Waals surface area contributed by atoms with Crippen LogP contribution in [-0.2, 0) is 31.4 Å². The first kappa shape index (κ1) is 33.8. The molecule has 0 aliphatic carbocycles. The number of carbonyl (C=O) groups is 4. The number of Topliss-reactive ketones (excluding diaryl/α,β-unsaturated/α-hetero) is 1. The number of rotatable bonds is 16. The largest absolute Gasteiger partial charge is 0.497 e. The molecule has 0 spiro atoms. The molecule has 0 bridgehead atoms. The molecule has 0 heterocycles. The lowest BCUT2D eigenvalue weighted by Crippen LogP contribution is -2.54. The first-order valence-corrected chi connectivity index (χ1v) is 13.8. The third kappa shape index (κ3) is 10.8. The van der Waals surface area contributed by atoms with E-state index in [2.05, 4.69) is 15.4 Å². The molecule has 2 rings (SSSR count). The van der Waals surface area contributed by atoms with Crippen molar-refractivity contribution in [3.63, 3.8) is 0 Å². The number of carboxylic acids is 1. The maximum atomic E-state index is 14.0. The number of nitrogens with one attached hydrogen (secondary N) is 2. The van der Waals surface area contributed by atoms with Gasteiger partial charge in [0.25, 0.3) is 0 Å². The van der Waals surface area contributed by atoms with Crippen molar-refractivity contribution in [2.24, 2.45) is 5.92 Å². The van der Waals surface area contributed by atoms with Gasteiger partial charge in [-0.2, -0.15) is 8.78 Å². The Morgan fingerprint density at radius 1 is 1.10 bits per heavy atom. The van der Waals surface area contributed by atoms with Crippen LogP contribution in [0, 0.1) is 11.7 Å². The molecule has 3 N–H and O–H groups in total. The topological polar surface area (TPSA) is 131 Å². The van der Waals surface area contributed by atoms with Crippen LogP contribution < -0.4 is 20.1 Å². The van der Waals surface area contributed by atoms with E-state index in [-0.39, 0.29) is 39.2 Å². The highest BCUT2D eigenvalue weighted by Crippen LogP contribution is 2.27. The van der Waals surface area contributed by atoms with Crippen molar-refractivity contribution >= 4 is 46.9 Å². The first-order chi connectivity index (χ1) is 19.3. The molecule has 0 saturated carbocycles. The fourth-order valence-corrected chi connectivity index (χ4v) is 4.98. The second-order valence-corrected chi connectivity index (χ2v) is 10.5. The maximum Gasteiger partial charge on any atom is 0.387 e. The van der Waals surface area contributed by atoms with Crippen LogP contribution in [0.1, 0.15) is 31.4 Å². The van der Waals surface area contributed by atoms with Crippen molar-refractivity contribution in [1.29, 1.82) is 0 Å². The van der Waals surface area contributed by atoms with E-state index in [0.717, 1.165) is 11.8 Å². The van der Waals surface area contributed by atoms with Crippen LogP contribution >= 0.6 is 23.4 Å². The summed E-state index contributed by atoms with van der Waals surface area (Å²) in [7, 11) is 1.36. The smallest absolute Gasteiger partial charge is 0.387 e. The monoisotopic (exact) mass is 618 g/mol. The summed E-state index contributed by atoms with van der Waals surface area (Å²) in [5.41, 5.74) is 0.266. The maximum absolute atomic E-state index is 14.0. The molecule has 224 valence electrons. The third-order valence-electron chi connectivity index (χ3n) is 5.74. The van der Waals surface area contributed by atoms with Crippen LogP contribution in [0.3, 0.4) is 0 Å². The average molecular weight is 619 g/mol. The zero-order valence-corrected chi connectivity index (χ0v) is 24.0. The molecule has 2 aromatic rings. The normalized spacial score (nSPS) is 12.5. The molecule has 14 heteroatoms. The average Bonchev–Trinajstić information content (AvgIpc) is 2.88. The van der Waals surface area contributed by atoms with Crippen LogP contribution in [0.5, 0.6) is 11.5 Å². The predicted molar refractivity (Wildman–Crippen MR) is 147 cm³/mol. The molecule has 9 nitrogen and oxygen atoms in total. The Morgan fingerprint density at radius 3 is 2.39 bits per heavy atom. The molecule has 0 radical (unpaired) electrons. The van der Waals surface area contributed by atoms with E-state index in [9.17, 15) is 37.5 Å². The highest BCUT2D eigenvalue weighted by molar-refractivity contribution is 7.99. The lowest BCUT2D eigenvalue weighted by molar-refractivity contribution is -0.140. The number of hydrogen-bond acceptors (Lipinski definition) is 7. The van der Waals surface area contributed by atoms with Crippen LogP contribution in [0.4, 0.5) is 13.2 Å². The van der Waals surface area contributed by atoms with Gasteiger partial charge in [0.1, 0.15) is 23.4 Å². The molecule has 41 heavy (non-hydrogen) atoms. The van der Waals surface area contributed by atoms with Crippen molar-refractivity contribution in [2.75, 3.05) is 12.9 Å². The van der Waals surface area contributed by atoms with E-state index >= 15 is 0 Å². The first-order valence-electron chi connectivity index (χ1n) is 12.3. The van der Waals surface area contributed by atoms with Crippen LogP contribution in [-0.4, -0.2) is 60.2 Å². The highest BCUT2D eigenvalue weighted by atomic mass is 35.5. The van der Waals surface area contributed by atoms with Crippen molar-refractivity contribution in [2.45, 2.75) is 51.1 Å². The quantitative estimate of drug-likeness (QED) is 0.255. The Morgan fingerprint density at radius 2 is 1.80 bits per heavy atom. The Bertz CT molecular complexity index is 1230. The van der Waals surface area contributed by atoms with E-state index in [1.165, 1.54) is 43.5 Å². The number of alkyl halides is 2. The Hall–Kier alpha value is -3.45. The van der Waals surface area contributed by atoms with Crippen molar-refractivity contribution < 1.29 is 46.9 Å². The summed E-state index contributed by atoms with van der Waals surface area (Å²) in [6.45, 7) is 0.0947. The molecule has 2 aromatic carbocycles. The van der Waals surface area contributed by atoms with Crippen molar-refractivity contribution in [3.05, 3.63) is 58.4 Å². The number of amides is 2. The summed E-state index contributed by atoms with van der Waals surface area (Å²) in [6.07, 6.45) is -1.16. The van der Waals surface area contributed by atoms with Gasteiger partial charge in [-0.3, -0.25) is 19.2 Å². The second kappa shape index (κ2) is 16.1. The van der Waals surface area contributed by atoms with E-state index < -0.39 is 66.8 Å². The van der Waals surface area contributed by atoms with Gasteiger partial charge >= 0.3 is 12.6 Å². The zero-order valence-electron chi connectivity index (χ0n) is 22.4. The number of hydrogen-bond donors (Lipinski definition) is 3. The summed E-state index contributed by atoms with van der Waals surface area (Å²) < 4.78 is 49.2. The minimum atomic E-state index is -3.13. The Balaban J connectivity index is 2.10. The fraction of sp³-hybridized carbons (Fsp3) is 0.407. The van der Waals surface area contributed by atoms with Crippen LogP contribution in [0.2, 0.25) is 5.02 Å². The number of thioether (sulfide) groups is 1. The standard InChI is InChI=1S/C27H30ClF3N2O7S/c1-14(2)25(33-23(35)10-15-9-16(39-3)7-8-22(15)40-27(30)31)26(38)32-20(11-24(36)37)21(34)13-41-12-17-18(28)5-4-6-19(17)29/h4-9,14,20,25,27H,10-13H2,1-3H3,(H,32,38)(H,33,35)(H,36,37). The van der Waals surface area contributed by atoms with E-state index in [4.69, 9.17) is 16.3 Å². The molecule has 2 atom stereocenters. The molecule has 0 aromatic heterocycles. The number of aliphatic carboxylic acids is 1. The molecule has 2 unspecified atom stereocenters. The molecule has 0 aliphatic rings. The SMILES string of the molecule is COc1ccc(OC(F)F)c(CC(=O)NC(C(=O)NC(CC(=O)O)C(=O)CSCc2c(F)cccc2Cl)C(C)C)c1. The fourth-order valence-electron chi connectivity index (χ4n) is 3.67. The number of carboxylic acid groups (broad SMARTS) is 1. The zero-order chi connectivity index (χ0) is 30.7. The second-order valence-electron chi connectivity index (χ2n) is 9.14.